The summed E-state index contributed by atoms with van der Waals surface area (Å²) < 4.78 is 74.5. The zero-order valence-electron chi connectivity index (χ0n) is 74.9. The van der Waals surface area contributed by atoms with Gasteiger partial charge in [0, 0.05) is 101 Å². The molecule has 1 aromatic carbocycles. The van der Waals surface area contributed by atoms with Crippen LogP contribution in [0.1, 0.15) is 205 Å². The van der Waals surface area contributed by atoms with E-state index in [1.807, 2.05) is 117 Å². The molecule has 13 rings (SSSR count). The number of aromatic nitrogens is 9. The van der Waals surface area contributed by atoms with Gasteiger partial charge in [-0.1, -0.05) is 12.8 Å². The molecule has 0 unspecified atom stereocenters. The number of methoxy groups -OCH3 is 2. The molecule has 0 bridgehead atoms. The average molecular weight is 1740 g/mol. The van der Waals surface area contributed by atoms with Crippen molar-refractivity contribution in [3.63, 3.8) is 0 Å². The van der Waals surface area contributed by atoms with Crippen LogP contribution < -0.4 is 39.5 Å². The van der Waals surface area contributed by atoms with Gasteiger partial charge in [0.05, 0.1) is 128 Å². The molecule has 3 N–H and O–H groups in total. The van der Waals surface area contributed by atoms with Crippen molar-refractivity contribution >= 4 is 59.6 Å². The Hall–Kier alpha value is -10.7. The predicted molar refractivity (Wildman–Crippen MR) is 469 cm³/mol. The van der Waals surface area contributed by atoms with Gasteiger partial charge in [-0.3, -0.25) is 28.4 Å². The molecule has 33 heteroatoms. The second-order valence-corrected chi connectivity index (χ2v) is 34.7. The molecular weight excluding hydrogens is 1610 g/mol. The third-order valence-corrected chi connectivity index (χ3v) is 24.4. The van der Waals surface area contributed by atoms with E-state index < -0.39 is 0 Å². The highest BCUT2D eigenvalue weighted by Crippen LogP contribution is 2.40. The first-order chi connectivity index (χ1) is 59.6. The number of pyridine rings is 3. The van der Waals surface area contributed by atoms with E-state index in [0.717, 1.165) is 167 Å². The van der Waals surface area contributed by atoms with Gasteiger partial charge in [-0.05, 0) is 225 Å². The summed E-state index contributed by atoms with van der Waals surface area (Å²) in [4.78, 5) is 94.9. The van der Waals surface area contributed by atoms with Crippen molar-refractivity contribution in [2.75, 3.05) is 65.0 Å². The molecule has 6 aromatic heterocycles. The summed E-state index contributed by atoms with van der Waals surface area (Å²) in [5.41, 5.74) is 13.5. The van der Waals surface area contributed by atoms with Gasteiger partial charge < -0.3 is 82.6 Å². The lowest BCUT2D eigenvalue weighted by Crippen LogP contribution is -2.41. The monoisotopic (exact) mass is 1740 g/mol. The minimum Gasteiger partial charge on any atom is -0.497 e. The molecule has 6 heterocycles. The van der Waals surface area contributed by atoms with Gasteiger partial charge in [0.15, 0.2) is 28.9 Å². The SMILES string of the molecule is CC(C)OC(=O)[C@H]1CCC[C@H](Oc2ccc(-c3cnn(C)c3COC(=O)N(C)C3CCC3)nc2N)C1.COc1ccc(CNc2nc(-c3cnn(C)c3COC(=O)N(C)C3CCC3)ccc2O[C@H]2CCC[C@H](C(=O)OC(C)C)C2)c(OC)c1.CSCCOc1nc(-c2cnn(C)c2COC(=O)N(C)C2CCCC2)ccc1O[C@H]1CCC[C@H](C(=O)OC(C)C)C1. The van der Waals surface area contributed by atoms with Crippen LogP contribution in [0.2, 0.25) is 0 Å². The third-order valence-electron chi connectivity index (χ3n) is 23.8. The number of benzene rings is 1. The van der Waals surface area contributed by atoms with Crippen molar-refractivity contribution in [3.8, 4) is 68.4 Å². The van der Waals surface area contributed by atoms with Crippen LogP contribution in [-0.4, -0.2) is 204 Å². The molecule has 32 nitrogen and oxygen atoms in total. The van der Waals surface area contributed by atoms with Crippen molar-refractivity contribution < 1.29 is 85.6 Å². The average Bonchev–Trinajstić information content (AvgIpc) is 1.61. The number of hydrogen-bond donors (Lipinski definition) is 2. The number of thioether (sulfide) groups is 1. The number of hydrogen-bond acceptors (Lipinski definition) is 27. The quantitative estimate of drug-likeness (QED) is 0.0219. The molecule has 0 radical (unpaired) electrons. The van der Waals surface area contributed by atoms with Crippen LogP contribution >= 0.6 is 11.8 Å². The summed E-state index contributed by atoms with van der Waals surface area (Å²) in [6.45, 7) is 12.3. The Morgan fingerprint density at radius 1 is 0.476 bits per heavy atom. The second-order valence-electron chi connectivity index (χ2n) is 33.8. The van der Waals surface area contributed by atoms with E-state index >= 15 is 0 Å². The summed E-state index contributed by atoms with van der Waals surface area (Å²) in [6, 6.07) is 17.5. The number of nitrogens with one attached hydrogen (secondary N) is 1. The Morgan fingerprint density at radius 3 is 1.26 bits per heavy atom. The van der Waals surface area contributed by atoms with Crippen LogP contribution in [0, 0.1) is 17.8 Å². The highest BCUT2D eigenvalue weighted by molar-refractivity contribution is 7.98. The fourth-order valence-corrected chi connectivity index (χ4v) is 16.4. The minimum atomic E-state index is -0.350. The lowest BCUT2D eigenvalue weighted by molar-refractivity contribution is -0.155. The van der Waals surface area contributed by atoms with E-state index in [2.05, 4.69) is 25.6 Å². The van der Waals surface area contributed by atoms with Gasteiger partial charge >= 0.3 is 36.2 Å². The maximum Gasteiger partial charge on any atom is 0.410 e. The molecular formula is C91H128N14O18S. The Labute approximate surface area is 732 Å². The molecule has 6 aliphatic rings. The van der Waals surface area contributed by atoms with Gasteiger partial charge in [0.1, 0.15) is 31.3 Å². The first-order valence-electron chi connectivity index (χ1n) is 43.8. The molecule has 0 spiro atoms. The van der Waals surface area contributed by atoms with E-state index in [9.17, 15) is 28.8 Å². The molecule has 6 fully saturated rings. The number of rotatable bonds is 33. The number of amides is 3. The van der Waals surface area contributed by atoms with Crippen LogP contribution in [0.4, 0.5) is 26.0 Å². The number of nitrogens with two attached hydrogens (primary N) is 1. The molecule has 124 heavy (non-hydrogen) atoms. The maximum atomic E-state index is 12.7. The number of anilines is 2. The largest absolute Gasteiger partial charge is 0.497 e. The van der Waals surface area contributed by atoms with Crippen LogP contribution in [0.3, 0.4) is 0 Å². The summed E-state index contributed by atoms with van der Waals surface area (Å²) >= 11 is 1.69. The first kappa shape index (κ1) is 94.0. The number of nitrogens with zero attached hydrogens (tertiary/aromatic N) is 12. The number of nitrogen functional groups attached to an aromatic ring is 1. The van der Waals surface area contributed by atoms with Gasteiger partial charge in [-0.15, -0.1) is 0 Å². The smallest absolute Gasteiger partial charge is 0.410 e. The summed E-state index contributed by atoms with van der Waals surface area (Å²) in [7, 11) is 14.0. The maximum absolute atomic E-state index is 12.7. The van der Waals surface area contributed by atoms with Crippen molar-refractivity contribution in [2.24, 2.45) is 38.9 Å². The Bertz CT molecular complexity index is 4690. The van der Waals surface area contributed by atoms with Gasteiger partial charge in [-0.25, -0.2) is 29.3 Å². The van der Waals surface area contributed by atoms with Gasteiger partial charge in [-0.2, -0.15) is 27.1 Å². The Kier molecular flexibility index (Phi) is 34.3. The fraction of sp³-hybridized carbons (Fsp3) is 0.604. The summed E-state index contributed by atoms with van der Waals surface area (Å²) in [5.74, 6) is 3.96. The minimum absolute atomic E-state index is 0.0589. The molecule has 3 amide bonds. The van der Waals surface area contributed by atoms with Crippen LogP contribution in [-0.2, 0) is 90.3 Å². The highest BCUT2D eigenvalue weighted by atomic mass is 32.2. The van der Waals surface area contributed by atoms with E-state index in [1.54, 1.807) is 101 Å². The van der Waals surface area contributed by atoms with E-state index in [0.29, 0.717) is 89.9 Å². The lowest BCUT2D eigenvalue weighted by Gasteiger charge is -2.33. The number of aryl methyl sites for hydroxylation is 3. The van der Waals surface area contributed by atoms with Gasteiger partial charge in [0.25, 0.3) is 5.88 Å². The standard InChI is InChI=1S/C35H47N5O7.C30H44N4O6S.C26H37N5O5/c1-22(2)46-34(41)23-9-7-12-27(17-23)47-31-16-15-29(38-33(31)36-19-24-13-14-26(43-5)18-32(24)44-6)28-20-37-40(4)30(28)21-45-35(42)39(3)25-10-8-11-25;1-20(2)39-29(35)21-9-8-12-23(17-21)40-27-14-13-25(32-28(27)37-15-16-41-5)24-18-31-34(4)26(24)19-38-30(36)33(3)22-10-6-7-11-22;1-16(2)35-25(32)17-7-5-10-19(13-17)36-23-12-11-21(29-24(23)27)20-14-28-31(4)22(20)15-34-26(33)30(3)18-8-6-9-18/h13-16,18,20,22-23,25,27H,7-12,17,19,21H2,1-6H3,(H,36,38);13-14,18,20-23H,6-12,15-17,19H2,1-5H3;11-12,14,16-19H,5-10,13,15H2,1-4H3,(H2,27,29)/t23-,27-;21-,23-;17-,19-/m000/s1. The predicted octanol–water partition coefficient (Wildman–Crippen LogP) is 15.8. The van der Waals surface area contributed by atoms with E-state index in [1.165, 1.54) is 0 Å². The van der Waals surface area contributed by atoms with Crippen LogP contribution in [0.15, 0.2) is 73.2 Å². The second kappa shape index (κ2) is 45.2. The Morgan fingerprint density at radius 2 is 0.863 bits per heavy atom. The molecule has 0 aliphatic heterocycles. The molecule has 7 aromatic rings. The third kappa shape index (κ3) is 25.5. The Balaban J connectivity index is 0.000000183. The molecule has 6 aliphatic carbocycles. The zero-order chi connectivity index (χ0) is 88.7. The van der Waals surface area contributed by atoms with E-state index in [-0.39, 0.29) is 134 Å². The number of carbonyl (C=O) groups is 6. The van der Waals surface area contributed by atoms with Crippen molar-refractivity contribution in [1.82, 2.24) is 59.0 Å². The van der Waals surface area contributed by atoms with Crippen molar-refractivity contribution in [1.29, 1.82) is 0 Å². The number of ether oxygens (including phenoxy) is 12. The van der Waals surface area contributed by atoms with Crippen molar-refractivity contribution in [3.05, 3.63) is 95.8 Å². The summed E-state index contributed by atoms with van der Waals surface area (Å²) in [5, 5.41) is 16.6. The molecule has 676 valence electrons. The van der Waals surface area contributed by atoms with Crippen LogP contribution in [0.5, 0.6) is 34.6 Å². The number of esters is 3. The van der Waals surface area contributed by atoms with Crippen LogP contribution in [0.25, 0.3) is 33.8 Å². The normalized spacial score (nSPS) is 19.0. The molecule has 0 saturated heterocycles. The lowest BCUT2D eigenvalue weighted by atomic mass is 9.87. The number of carbonyl (C=O) groups excluding carboxylic acids is 6. The zero-order valence-corrected chi connectivity index (χ0v) is 75.7. The summed E-state index contributed by atoms with van der Waals surface area (Å²) in [6.07, 6.45) is 25.3. The first-order valence-corrected chi connectivity index (χ1v) is 45.2. The van der Waals surface area contributed by atoms with Crippen molar-refractivity contribution in [2.45, 2.75) is 264 Å². The van der Waals surface area contributed by atoms with E-state index in [4.69, 9.17) is 72.5 Å². The fourth-order valence-electron chi connectivity index (χ4n) is 16.1. The highest BCUT2D eigenvalue weighted by Gasteiger charge is 2.36. The topological polar surface area (TPSA) is 353 Å². The molecule has 6 atom stereocenters. The molecule has 6 saturated carbocycles. The van der Waals surface area contributed by atoms with Gasteiger partial charge in [0.2, 0.25) is 0 Å².